The number of nitrogens with zero attached hydrogens (tertiary/aromatic N) is 1. The van der Waals surface area contributed by atoms with Crippen molar-refractivity contribution >= 4 is 34.6 Å². The summed E-state index contributed by atoms with van der Waals surface area (Å²) in [5, 5.41) is 7.04. The molecular formula is C27H30ClN3O2. The Hall–Kier alpha value is -3.18. The van der Waals surface area contributed by atoms with Crippen LogP contribution in [0.15, 0.2) is 66.7 Å². The van der Waals surface area contributed by atoms with E-state index in [2.05, 4.69) is 27.7 Å². The summed E-state index contributed by atoms with van der Waals surface area (Å²) in [4.78, 5) is 14.7. The number of piperidine rings is 1. The molecule has 0 atom stereocenters. The number of aryl methyl sites for hydroxylation is 1. The van der Waals surface area contributed by atoms with Crippen LogP contribution in [0.25, 0.3) is 0 Å². The summed E-state index contributed by atoms with van der Waals surface area (Å²) in [5.41, 5.74) is 4.93. The molecular weight excluding hydrogens is 434 g/mol. The van der Waals surface area contributed by atoms with Gasteiger partial charge in [0.25, 0.3) is 5.91 Å². The maximum absolute atomic E-state index is 12.3. The summed E-state index contributed by atoms with van der Waals surface area (Å²) >= 11 is 6.58. The topological polar surface area (TPSA) is 53.6 Å². The van der Waals surface area contributed by atoms with E-state index < -0.39 is 0 Å². The van der Waals surface area contributed by atoms with Gasteiger partial charge in [-0.05, 0) is 62.6 Å². The van der Waals surface area contributed by atoms with Crippen LogP contribution >= 0.6 is 11.6 Å². The van der Waals surface area contributed by atoms with Crippen LogP contribution < -0.4 is 20.3 Å². The smallest absolute Gasteiger partial charge is 0.262 e. The fraction of sp³-hybridized carbons (Fsp3) is 0.296. The van der Waals surface area contributed by atoms with Crippen molar-refractivity contribution in [2.45, 2.75) is 32.7 Å². The number of ether oxygens (including phenoxy) is 1. The third-order valence-corrected chi connectivity index (χ3v) is 6.10. The highest BCUT2D eigenvalue weighted by Gasteiger charge is 2.14. The monoisotopic (exact) mass is 463 g/mol. The summed E-state index contributed by atoms with van der Waals surface area (Å²) in [5.74, 6) is 0.488. The summed E-state index contributed by atoms with van der Waals surface area (Å²) in [6.07, 6.45) is 3.73. The number of anilines is 3. The van der Waals surface area contributed by atoms with Gasteiger partial charge < -0.3 is 20.3 Å². The van der Waals surface area contributed by atoms with Gasteiger partial charge in [0.15, 0.2) is 6.61 Å². The minimum atomic E-state index is -0.193. The molecule has 0 radical (unpaired) electrons. The first kappa shape index (κ1) is 23.0. The van der Waals surface area contributed by atoms with E-state index in [1.165, 1.54) is 19.3 Å². The number of amides is 1. The van der Waals surface area contributed by atoms with E-state index in [1.54, 1.807) is 0 Å². The lowest BCUT2D eigenvalue weighted by atomic mass is 10.1. The van der Waals surface area contributed by atoms with E-state index in [-0.39, 0.29) is 12.5 Å². The standard InChI is InChI=1S/C27H30ClN3O2/c1-20-9-11-22(12-10-20)30-27(32)19-33-26-8-4-3-7-21(26)18-29-23-13-14-25(24(28)17-23)31-15-5-2-6-16-31/h3-4,7-14,17,29H,2,5-6,15-16,18-19H2,1H3,(H,30,32). The molecule has 33 heavy (non-hydrogen) atoms. The number of hydrogen-bond acceptors (Lipinski definition) is 4. The molecule has 1 heterocycles. The molecule has 172 valence electrons. The minimum Gasteiger partial charge on any atom is -0.483 e. The van der Waals surface area contributed by atoms with Crippen molar-refractivity contribution in [1.29, 1.82) is 0 Å². The number of hydrogen-bond donors (Lipinski definition) is 2. The van der Waals surface area contributed by atoms with E-state index in [0.717, 1.165) is 46.3 Å². The van der Waals surface area contributed by atoms with Gasteiger partial charge in [-0.25, -0.2) is 0 Å². The van der Waals surface area contributed by atoms with Crippen molar-refractivity contribution in [3.05, 3.63) is 82.9 Å². The van der Waals surface area contributed by atoms with Crippen molar-refractivity contribution < 1.29 is 9.53 Å². The molecule has 6 heteroatoms. The van der Waals surface area contributed by atoms with Gasteiger partial charge in [-0.1, -0.05) is 47.5 Å². The Bertz CT molecular complexity index is 1080. The highest BCUT2D eigenvalue weighted by atomic mass is 35.5. The first-order chi connectivity index (χ1) is 16.1. The maximum Gasteiger partial charge on any atom is 0.262 e. The second-order valence-electron chi connectivity index (χ2n) is 8.38. The molecule has 0 bridgehead atoms. The van der Waals surface area contributed by atoms with E-state index in [0.29, 0.717) is 12.3 Å². The third-order valence-electron chi connectivity index (χ3n) is 5.79. The summed E-state index contributed by atoms with van der Waals surface area (Å²) in [6, 6.07) is 21.5. The van der Waals surface area contributed by atoms with Gasteiger partial charge in [0.2, 0.25) is 0 Å². The van der Waals surface area contributed by atoms with E-state index in [1.807, 2.05) is 61.5 Å². The molecule has 2 N–H and O–H groups in total. The number of nitrogens with one attached hydrogen (secondary N) is 2. The molecule has 4 rings (SSSR count). The second kappa shape index (κ2) is 11.1. The number of rotatable bonds is 8. The molecule has 0 unspecified atom stereocenters. The van der Waals surface area contributed by atoms with Crippen LogP contribution in [0.4, 0.5) is 17.1 Å². The average molecular weight is 464 g/mol. The van der Waals surface area contributed by atoms with Gasteiger partial charge in [0.05, 0.1) is 10.7 Å². The summed E-state index contributed by atoms with van der Waals surface area (Å²) in [6.45, 7) is 4.65. The highest BCUT2D eigenvalue weighted by Crippen LogP contribution is 2.31. The Morgan fingerprint density at radius 2 is 1.70 bits per heavy atom. The molecule has 0 aliphatic carbocycles. The molecule has 0 aromatic heterocycles. The number of benzene rings is 3. The molecule has 3 aromatic carbocycles. The zero-order chi connectivity index (χ0) is 23.0. The Morgan fingerprint density at radius 1 is 0.970 bits per heavy atom. The van der Waals surface area contributed by atoms with E-state index in [4.69, 9.17) is 16.3 Å². The predicted octanol–water partition coefficient (Wildman–Crippen LogP) is 6.27. The van der Waals surface area contributed by atoms with Crippen molar-refractivity contribution in [3.63, 3.8) is 0 Å². The van der Waals surface area contributed by atoms with Crippen LogP contribution in [0, 0.1) is 6.92 Å². The zero-order valence-corrected chi connectivity index (χ0v) is 19.7. The normalized spacial score (nSPS) is 13.5. The SMILES string of the molecule is Cc1ccc(NC(=O)COc2ccccc2CNc2ccc(N3CCCCC3)c(Cl)c2)cc1. The van der Waals surface area contributed by atoms with Crippen LogP contribution in [-0.2, 0) is 11.3 Å². The van der Waals surface area contributed by atoms with Crippen LogP contribution in [0.1, 0.15) is 30.4 Å². The number of carbonyl (C=O) groups is 1. The summed E-state index contributed by atoms with van der Waals surface area (Å²) < 4.78 is 5.82. The first-order valence-electron chi connectivity index (χ1n) is 11.4. The lowest BCUT2D eigenvalue weighted by Gasteiger charge is -2.29. The predicted molar refractivity (Wildman–Crippen MR) is 137 cm³/mol. The van der Waals surface area contributed by atoms with Crippen molar-refractivity contribution in [3.8, 4) is 5.75 Å². The molecule has 1 amide bonds. The molecule has 0 spiro atoms. The van der Waals surface area contributed by atoms with Crippen molar-refractivity contribution in [2.24, 2.45) is 0 Å². The van der Waals surface area contributed by atoms with E-state index in [9.17, 15) is 4.79 Å². The van der Waals surface area contributed by atoms with Crippen LogP contribution in [0.3, 0.4) is 0 Å². The van der Waals surface area contributed by atoms with Crippen LogP contribution in [0.5, 0.6) is 5.75 Å². The van der Waals surface area contributed by atoms with Gasteiger partial charge >= 0.3 is 0 Å². The van der Waals surface area contributed by atoms with Crippen LogP contribution in [0.2, 0.25) is 5.02 Å². The zero-order valence-electron chi connectivity index (χ0n) is 18.9. The van der Waals surface area contributed by atoms with Gasteiger partial charge in [-0.3, -0.25) is 4.79 Å². The lowest BCUT2D eigenvalue weighted by molar-refractivity contribution is -0.118. The molecule has 1 saturated heterocycles. The first-order valence-corrected chi connectivity index (χ1v) is 11.8. The number of para-hydroxylation sites is 1. The molecule has 1 aliphatic heterocycles. The average Bonchev–Trinajstić information content (AvgIpc) is 2.84. The fourth-order valence-electron chi connectivity index (χ4n) is 3.97. The Balaban J connectivity index is 1.33. The van der Waals surface area contributed by atoms with Gasteiger partial charge in [0, 0.05) is 36.6 Å². The van der Waals surface area contributed by atoms with Gasteiger partial charge in [0.1, 0.15) is 5.75 Å². The summed E-state index contributed by atoms with van der Waals surface area (Å²) in [7, 11) is 0. The third kappa shape index (κ3) is 6.42. The Kier molecular flexibility index (Phi) is 7.74. The van der Waals surface area contributed by atoms with Crippen molar-refractivity contribution in [1.82, 2.24) is 0 Å². The molecule has 3 aromatic rings. The van der Waals surface area contributed by atoms with Crippen LogP contribution in [-0.4, -0.2) is 25.6 Å². The van der Waals surface area contributed by atoms with Gasteiger partial charge in [-0.2, -0.15) is 0 Å². The Labute approximate surface area is 200 Å². The number of carbonyl (C=O) groups excluding carboxylic acids is 1. The highest BCUT2D eigenvalue weighted by molar-refractivity contribution is 6.33. The molecule has 1 fully saturated rings. The number of halogens is 1. The molecule has 5 nitrogen and oxygen atoms in total. The molecule has 0 saturated carbocycles. The second-order valence-corrected chi connectivity index (χ2v) is 8.79. The fourth-order valence-corrected chi connectivity index (χ4v) is 4.27. The lowest BCUT2D eigenvalue weighted by Crippen LogP contribution is -2.29. The van der Waals surface area contributed by atoms with Crippen molar-refractivity contribution in [2.75, 3.05) is 35.2 Å². The molecule has 1 aliphatic rings. The minimum absolute atomic E-state index is 0.0543. The largest absolute Gasteiger partial charge is 0.483 e. The Morgan fingerprint density at radius 3 is 2.45 bits per heavy atom. The quantitative estimate of drug-likeness (QED) is 0.413. The van der Waals surface area contributed by atoms with E-state index >= 15 is 0 Å². The van der Waals surface area contributed by atoms with Gasteiger partial charge in [-0.15, -0.1) is 0 Å². The maximum atomic E-state index is 12.3.